The maximum absolute atomic E-state index is 12.6. The van der Waals surface area contributed by atoms with Crippen molar-refractivity contribution >= 4 is 13.7 Å². The number of rotatable bonds is 39. The number of nitrogens with one attached hydrogen (secondary N) is 1. The van der Waals surface area contributed by atoms with E-state index < -0.39 is 26.6 Å². The number of hydrogen-bond acceptors (Lipinski definition) is 4. The van der Waals surface area contributed by atoms with E-state index in [0.717, 1.165) is 38.5 Å². The number of carbonyl (C=O) groups is 1. The highest BCUT2D eigenvalue weighted by Crippen LogP contribution is 2.35. The van der Waals surface area contributed by atoms with Gasteiger partial charge in [0, 0.05) is 6.42 Å². The van der Waals surface area contributed by atoms with Gasteiger partial charge in [0.05, 0.1) is 18.8 Å². The van der Waals surface area contributed by atoms with Crippen molar-refractivity contribution in [2.24, 2.45) is 0 Å². The summed E-state index contributed by atoms with van der Waals surface area (Å²) in [6.07, 6.45) is 43.7. The maximum atomic E-state index is 12.6. The molecule has 0 aromatic carbocycles. The molecule has 0 aliphatic carbocycles. The lowest BCUT2D eigenvalue weighted by molar-refractivity contribution is -0.123. The molecule has 2 atom stereocenters. The Morgan fingerprint density at radius 3 is 1.24 bits per heavy atom. The van der Waals surface area contributed by atoms with Crippen LogP contribution in [-0.4, -0.2) is 39.6 Å². The Labute approximate surface area is 303 Å². The molecule has 0 radical (unpaired) electrons. The largest absolute Gasteiger partial charge is 0.469 e. The molecule has 49 heavy (non-hydrogen) atoms. The number of carbonyl (C=O) groups excluding carboxylic acids is 1. The van der Waals surface area contributed by atoms with Crippen LogP contribution in [0.1, 0.15) is 226 Å². The van der Waals surface area contributed by atoms with Crippen LogP contribution in [0.5, 0.6) is 0 Å². The predicted molar refractivity (Wildman–Crippen MR) is 209 cm³/mol. The number of unbranched alkanes of at least 4 members (excludes halogenated alkanes) is 30. The highest BCUT2D eigenvalue weighted by Gasteiger charge is 2.24. The topological polar surface area (TPSA) is 116 Å². The van der Waals surface area contributed by atoms with Crippen molar-refractivity contribution in [1.82, 2.24) is 5.32 Å². The highest BCUT2D eigenvalue weighted by molar-refractivity contribution is 7.46. The normalized spacial score (nSPS) is 13.3. The van der Waals surface area contributed by atoms with Crippen LogP contribution in [-0.2, 0) is 13.9 Å². The molecule has 292 valence electrons. The van der Waals surface area contributed by atoms with Gasteiger partial charge in [0.15, 0.2) is 0 Å². The summed E-state index contributed by atoms with van der Waals surface area (Å²) in [4.78, 5) is 30.9. The molecule has 0 spiro atoms. The quantitative estimate of drug-likeness (QED) is 0.0286. The zero-order valence-electron chi connectivity index (χ0n) is 32.4. The third kappa shape index (κ3) is 38.3. The number of phosphoric acid groups is 1. The number of hydrogen-bond donors (Lipinski definition) is 4. The van der Waals surface area contributed by atoms with E-state index in [1.807, 2.05) is 6.08 Å². The molecule has 0 saturated heterocycles. The second kappa shape index (κ2) is 37.1. The maximum Gasteiger partial charge on any atom is 0.469 e. The summed E-state index contributed by atoms with van der Waals surface area (Å²) in [5, 5.41) is 13.4. The smallest absolute Gasteiger partial charge is 0.387 e. The van der Waals surface area contributed by atoms with Crippen LogP contribution in [0.3, 0.4) is 0 Å². The van der Waals surface area contributed by atoms with Crippen LogP contribution in [0.2, 0.25) is 0 Å². The summed E-state index contributed by atoms with van der Waals surface area (Å²) in [5.74, 6) is -0.223. The van der Waals surface area contributed by atoms with E-state index in [4.69, 9.17) is 9.79 Å². The first-order valence-electron chi connectivity index (χ1n) is 21.1. The summed E-state index contributed by atoms with van der Waals surface area (Å²) in [5.41, 5.74) is 0. The van der Waals surface area contributed by atoms with E-state index in [0.29, 0.717) is 6.42 Å². The van der Waals surface area contributed by atoms with Crippen LogP contribution in [0, 0.1) is 0 Å². The van der Waals surface area contributed by atoms with Crippen LogP contribution >= 0.6 is 7.82 Å². The van der Waals surface area contributed by atoms with Gasteiger partial charge in [-0.1, -0.05) is 212 Å². The summed E-state index contributed by atoms with van der Waals surface area (Å²) in [7, 11) is -4.71. The first kappa shape index (κ1) is 48.3. The molecule has 7 nitrogen and oxygen atoms in total. The highest BCUT2D eigenvalue weighted by atomic mass is 31.2. The Morgan fingerprint density at radius 1 is 0.571 bits per heavy atom. The minimum atomic E-state index is -4.71. The minimum Gasteiger partial charge on any atom is -0.387 e. The molecule has 0 aliphatic rings. The van der Waals surface area contributed by atoms with Crippen molar-refractivity contribution < 1.29 is 28.8 Å². The van der Waals surface area contributed by atoms with Crippen molar-refractivity contribution in [2.75, 3.05) is 6.61 Å². The van der Waals surface area contributed by atoms with Gasteiger partial charge in [0.2, 0.25) is 5.91 Å². The molecule has 0 aliphatic heterocycles. The average molecular weight is 716 g/mol. The van der Waals surface area contributed by atoms with Crippen molar-refractivity contribution in [1.29, 1.82) is 0 Å². The van der Waals surface area contributed by atoms with Gasteiger partial charge >= 0.3 is 7.82 Å². The lowest BCUT2D eigenvalue weighted by atomic mass is 10.0. The molecule has 4 N–H and O–H groups in total. The first-order valence-corrected chi connectivity index (χ1v) is 22.7. The van der Waals surface area contributed by atoms with E-state index in [1.54, 1.807) is 6.08 Å². The molecular formula is C41H82NO6P. The van der Waals surface area contributed by atoms with E-state index in [2.05, 4.69) is 23.7 Å². The van der Waals surface area contributed by atoms with Gasteiger partial charge in [-0.25, -0.2) is 4.57 Å². The van der Waals surface area contributed by atoms with Gasteiger partial charge in [0.25, 0.3) is 0 Å². The number of phosphoric ester groups is 1. The molecule has 0 saturated carbocycles. The lowest BCUT2D eigenvalue weighted by Crippen LogP contribution is -2.45. The second-order valence-corrected chi connectivity index (χ2v) is 15.9. The van der Waals surface area contributed by atoms with Crippen LogP contribution in [0.25, 0.3) is 0 Å². The number of amides is 1. The summed E-state index contributed by atoms with van der Waals surface area (Å²) >= 11 is 0. The number of aliphatic hydroxyl groups is 1. The Hall–Kier alpha value is -0.720. The summed E-state index contributed by atoms with van der Waals surface area (Å²) in [6.45, 7) is 4.09. The molecule has 0 bridgehead atoms. The molecule has 0 aromatic rings. The monoisotopic (exact) mass is 716 g/mol. The second-order valence-electron chi connectivity index (χ2n) is 14.7. The van der Waals surface area contributed by atoms with Gasteiger partial charge in [-0.05, 0) is 19.3 Å². The standard InChI is InChI=1S/C41H82NO6P/c1-3-5-7-9-11-13-15-17-19-21-22-24-26-28-30-32-34-36-40(43)39(38-48-49(45,46)47)42-41(44)37-35-33-31-29-27-25-23-20-18-16-14-12-10-8-6-4-2/h34,36,39-40,43H,3-33,35,37-38H2,1-2H3,(H,42,44)(H2,45,46,47)/b36-34+/t39-,40+/m0/s1. The number of aliphatic hydroxyl groups excluding tert-OH is 1. The van der Waals surface area contributed by atoms with Crippen LogP contribution in [0.15, 0.2) is 12.2 Å². The predicted octanol–water partition coefficient (Wildman–Crippen LogP) is 12.4. The Kier molecular flexibility index (Phi) is 36.5. The third-order valence-electron chi connectivity index (χ3n) is 9.75. The first-order chi connectivity index (χ1) is 23.8. The molecule has 0 unspecified atom stereocenters. The minimum absolute atomic E-state index is 0.223. The van der Waals surface area contributed by atoms with E-state index in [1.165, 1.54) is 167 Å². The fourth-order valence-corrected chi connectivity index (χ4v) is 6.87. The molecule has 8 heteroatoms. The fraction of sp³-hybridized carbons (Fsp3) is 0.927. The van der Waals surface area contributed by atoms with Gasteiger partial charge < -0.3 is 20.2 Å². The van der Waals surface area contributed by atoms with Gasteiger partial charge in [-0.15, -0.1) is 0 Å². The molecule has 1 amide bonds. The molecule has 0 fully saturated rings. The van der Waals surface area contributed by atoms with Gasteiger partial charge in [-0.3, -0.25) is 9.32 Å². The molecule has 0 rings (SSSR count). The Balaban J connectivity index is 3.95. The van der Waals surface area contributed by atoms with Crippen LogP contribution in [0.4, 0.5) is 0 Å². The van der Waals surface area contributed by atoms with Crippen molar-refractivity contribution in [3.05, 3.63) is 12.2 Å². The lowest BCUT2D eigenvalue weighted by Gasteiger charge is -2.22. The fourth-order valence-electron chi connectivity index (χ4n) is 6.52. The Bertz CT molecular complexity index is 773. The average Bonchev–Trinajstić information content (AvgIpc) is 3.07. The number of allylic oxidation sites excluding steroid dienone is 1. The zero-order valence-corrected chi connectivity index (χ0v) is 33.3. The Morgan fingerprint density at radius 2 is 0.898 bits per heavy atom. The molecule has 0 heterocycles. The summed E-state index contributed by atoms with van der Waals surface area (Å²) in [6, 6.07) is -0.904. The van der Waals surface area contributed by atoms with Gasteiger partial charge in [-0.2, -0.15) is 0 Å². The van der Waals surface area contributed by atoms with Crippen molar-refractivity contribution in [2.45, 2.75) is 238 Å². The van der Waals surface area contributed by atoms with Crippen LogP contribution < -0.4 is 5.32 Å². The van der Waals surface area contributed by atoms with E-state index in [9.17, 15) is 14.5 Å². The van der Waals surface area contributed by atoms with Crippen molar-refractivity contribution in [3.8, 4) is 0 Å². The van der Waals surface area contributed by atoms with Crippen molar-refractivity contribution in [3.63, 3.8) is 0 Å². The third-order valence-corrected chi connectivity index (χ3v) is 10.2. The van der Waals surface area contributed by atoms with E-state index in [-0.39, 0.29) is 5.91 Å². The zero-order chi connectivity index (χ0) is 36.1. The molecule has 0 aromatic heterocycles. The SMILES string of the molecule is CCCCCCCCCCCCCCCCC/C=C/[C@@H](O)[C@H](COP(=O)(O)O)NC(=O)CCCCCCCCCCCCCCCCCC. The molecular weight excluding hydrogens is 633 g/mol. The van der Waals surface area contributed by atoms with Gasteiger partial charge in [0.1, 0.15) is 0 Å². The van der Waals surface area contributed by atoms with E-state index >= 15 is 0 Å². The summed E-state index contributed by atoms with van der Waals surface area (Å²) < 4.78 is 15.9.